The number of amides is 1. The van der Waals surface area contributed by atoms with Crippen molar-refractivity contribution in [3.8, 4) is 0 Å². The van der Waals surface area contributed by atoms with E-state index in [2.05, 4.69) is 0 Å². The number of rotatable bonds is 5. The lowest BCUT2D eigenvalue weighted by Gasteiger charge is -2.35. The Morgan fingerprint density at radius 3 is 2.27 bits per heavy atom. The standard InChI is InChI=1S/C22H25NO3/c1-16(14-20(24)18-12-8-5-9-13-18)21(25)23-19(15-26-22(23,2)3)17-10-6-4-7-11-17/h4-13,16,19H,14-15H2,1-3H3/t16?,19-/m0/s1. The minimum Gasteiger partial charge on any atom is -0.354 e. The zero-order chi connectivity index (χ0) is 18.7. The van der Waals surface area contributed by atoms with Crippen LogP contribution in [-0.4, -0.2) is 28.9 Å². The Morgan fingerprint density at radius 2 is 1.65 bits per heavy atom. The van der Waals surface area contributed by atoms with E-state index in [1.807, 2.05) is 69.3 Å². The molecule has 2 aromatic rings. The van der Waals surface area contributed by atoms with Crippen LogP contribution in [0.1, 0.15) is 49.2 Å². The highest BCUT2D eigenvalue weighted by molar-refractivity contribution is 5.98. The molecule has 0 aromatic heterocycles. The lowest BCUT2D eigenvalue weighted by molar-refractivity contribution is -0.150. The number of carbonyl (C=O) groups is 2. The summed E-state index contributed by atoms with van der Waals surface area (Å²) in [6, 6.07) is 18.9. The average molecular weight is 351 g/mol. The van der Waals surface area contributed by atoms with Gasteiger partial charge in [0.1, 0.15) is 5.72 Å². The van der Waals surface area contributed by atoms with E-state index >= 15 is 0 Å². The Balaban J connectivity index is 1.78. The molecule has 26 heavy (non-hydrogen) atoms. The molecule has 1 aliphatic heterocycles. The van der Waals surface area contributed by atoms with Crippen LogP contribution in [0.3, 0.4) is 0 Å². The second-order valence-electron chi connectivity index (χ2n) is 7.29. The molecule has 4 heteroatoms. The molecule has 1 aliphatic rings. The first-order valence-electron chi connectivity index (χ1n) is 9.00. The predicted octanol–water partition coefficient (Wildman–Crippen LogP) is 4.23. The Bertz CT molecular complexity index is 770. The van der Waals surface area contributed by atoms with Gasteiger partial charge in [0.25, 0.3) is 0 Å². The second kappa shape index (κ2) is 7.42. The van der Waals surface area contributed by atoms with Gasteiger partial charge in [0.2, 0.25) is 5.91 Å². The predicted molar refractivity (Wildman–Crippen MR) is 101 cm³/mol. The Hall–Kier alpha value is -2.46. The molecule has 136 valence electrons. The molecule has 1 unspecified atom stereocenters. The van der Waals surface area contributed by atoms with Gasteiger partial charge in [0.05, 0.1) is 12.6 Å². The molecular weight excluding hydrogens is 326 g/mol. The molecule has 2 atom stereocenters. The fourth-order valence-corrected chi connectivity index (χ4v) is 3.49. The smallest absolute Gasteiger partial charge is 0.228 e. The Labute approximate surface area is 154 Å². The highest BCUT2D eigenvalue weighted by Crippen LogP contribution is 2.38. The van der Waals surface area contributed by atoms with E-state index in [9.17, 15) is 9.59 Å². The summed E-state index contributed by atoms with van der Waals surface area (Å²) in [5.41, 5.74) is 0.999. The van der Waals surface area contributed by atoms with Crippen molar-refractivity contribution in [1.29, 1.82) is 0 Å². The summed E-state index contributed by atoms with van der Waals surface area (Å²) >= 11 is 0. The maximum absolute atomic E-state index is 13.2. The van der Waals surface area contributed by atoms with Crippen molar-refractivity contribution >= 4 is 11.7 Å². The van der Waals surface area contributed by atoms with Crippen LogP contribution in [0, 0.1) is 5.92 Å². The molecule has 0 spiro atoms. The third-order valence-electron chi connectivity index (χ3n) is 4.92. The molecule has 0 N–H and O–H groups in total. The summed E-state index contributed by atoms with van der Waals surface area (Å²) < 4.78 is 5.90. The van der Waals surface area contributed by atoms with E-state index in [1.54, 1.807) is 17.0 Å². The summed E-state index contributed by atoms with van der Waals surface area (Å²) in [5.74, 6) is -0.471. The van der Waals surface area contributed by atoms with E-state index < -0.39 is 11.6 Å². The first-order valence-corrected chi connectivity index (χ1v) is 9.00. The lowest BCUT2D eigenvalue weighted by atomic mass is 9.96. The van der Waals surface area contributed by atoms with Crippen LogP contribution < -0.4 is 0 Å². The van der Waals surface area contributed by atoms with Gasteiger partial charge in [-0.15, -0.1) is 0 Å². The number of nitrogens with zero attached hydrogens (tertiary/aromatic N) is 1. The van der Waals surface area contributed by atoms with Gasteiger partial charge in [-0.25, -0.2) is 0 Å². The van der Waals surface area contributed by atoms with E-state index in [1.165, 1.54) is 0 Å². The molecule has 0 radical (unpaired) electrons. The van der Waals surface area contributed by atoms with Crippen molar-refractivity contribution in [2.75, 3.05) is 6.61 Å². The fraction of sp³-hybridized carbons (Fsp3) is 0.364. The first kappa shape index (κ1) is 18.3. The minimum atomic E-state index is -0.693. The molecule has 2 aromatic carbocycles. The van der Waals surface area contributed by atoms with Gasteiger partial charge in [0.15, 0.2) is 5.78 Å². The number of benzene rings is 2. The van der Waals surface area contributed by atoms with E-state index in [0.29, 0.717) is 12.2 Å². The number of ether oxygens (including phenoxy) is 1. The van der Waals surface area contributed by atoms with Gasteiger partial charge in [-0.3, -0.25) is 9.59 Å². The summed E-state index contributed by atoms with van der Waals surface area (Å²) in [6.07, 6.45) is 0.191. The summed E-state index contributed by atoms with van der Waals surface area (Å²) in [4.78, 5) is 27.5. The molecule has 1 saturated heterocycles. The normalized spacial score (nSPS) is 20.0. The maximum atomic E-state index is 13.2. The Kier molecular flexibility index (Phi) is 5.23. The largest absolute Gasteiger partial charge is 0.354 e. The maximum Gasteiger partial charge on any atom is 0.228 e. The summed E-state index contributed by atoms with van der Waals surface area (Å²) in [6.45, 7) is 6.08. The molecule has 1 amide bonds. The molecule has 0 aliphatic carbocycles. The van der Waals surface area contributed by atoms with Crippen LogP contribution in [0.4, 0.5) is 0 Å². The van der Waals surface area contributed by atoms with Crippen LogP contribution in [-0.2, 0) is 9.53 Å². The van der Waals surface area contributed by atoms with Crippen LogP contribution in [0.5, 0.6) is 0 Å². The van der Waals surface area contributed by atoms with Gasteiger partial charge in [-0.1, -0.05) is 67.6 Å². The van der Waals surface area contributed by atoms with Gasteiger partial charge < -0.3 is 9.64 Å². The van der Waals surface area contributed by atoms with Crippen molar-refractivity contribution in [2.24, 2.45) is 5.92 Å². The van der Waals surface area contributed by atoms with Crippen molar-refractivity contribution in [3.63, 3.8) is 0 Å². The van der Waals surface area contributed by atoms with Crippen LogP contribution >= 0.6 is 0 Å². The number of ketones is 1. The van der Waals surface area contributed by atoms with E-state index in [-0.39, 0.29) is 24.2 Å². The van der Waals surface area contributed by atoms with Crippen molar-refractivity contribution in [2.45, 2.75) is 39.0 Å². The van der Waals surface area contributed by atoms with Crippen molar-refractivity contribution in [3.05, 3.63) is 71.8 Å². The fourth-order valence-electron chi connectivity index (χ4n) is 3.49. The molecule has 0 bridgehead atoms. The quantitative estimate of drug-likeness (QED) is 0.757. The number of hydrogen-bond acceptors (Lipinski definition) is 3. The molecule has 0 saturated carbocycles. The average Bonchev–Trinajstić information content (AvgIpc) is 2.97. The van der Waals surface area contributed by atoms with Gasteiger partial charge in [-0.2, -0.15) is 0 Å². The summed E-state index contributed by atoms with van der Waals surface area (Å²) in [5, 5.41) is 0. The molecule has 1 fully saturated rings. The zero-order valence-electron chi connectivity index (χ0n) is 15.5. The van der Waals surface area contributed by atoms with Crippen LogP contribution in [0.15, 0.2) is 60.7 Å². The first-order chi connectivity index (χ1) is 12.4. The highest BCUT2D eigenvalue weighted by atomic mass is 16.5. The van der Waals surface area contributed by atoms with Gasteiger partial charge in [-0.05, 0) is 19.4 Å². The monoisotopic (exact) mass is 351 g/mol. The van der Waals surface area contributed by atoms with Gasteiger partial charge >= 0.3 is 0 Å². The van der Waals surface area contributed by atoms with Crippen molar-refractivity contribution in [1.82, 2.24) is 4.90 Å². The SMILES string of the molecule is CC(CC(=O)c1ccccc1)C(=O)N1[C@H](c2ccccc2)COC1(C)C. The number of carbonyl (C=O) groups excluding carboxylic acids is 2. The molecule has 4 nitrogen and oxygen atoms in total. The highest BCUT2D eigenvalue weighted by Gasteiger charge is 2.45. The third-order valence-corrected chi connectivity index (χ3v) is 4.92. The minimum absolute atomic E-state index is 0.0133. The number of hydrogen-bond donors (Lipinski definition) is 0. The van der Waals surface area contributed by atoms with E-state index in [0.717, 1.165) is 5.56 Å². The molecule has 3 rings (SSSR count). The topological polar surface area (TPSA) is 46.6 Å². The van der Waals surface area contributed by atoms with E-state index in [4.69, 9.17) is 4.74 Å². The lowest BCUT2D eigenvalue weighted by Crippen LogP contribution is -2.47. The molecular formula is C22H25NO3. The third kappa shape index (κ3) is 3.70. The van der Waals surface area contributed by atoms with Crippen LogP contribution in [0.2, 0.25) is 0 Å². The van der Waals surface area contributed by atoms with Crippen molar-refractivity contribution < 1.29 is 14.3 Å². The Morgan fingerprint density at radius 1 is 1.08 bits per heavy atom. The molecule has 1 heterocycles. The number of Topliss-reactive ketones (excluding diaryl/α,β-unsaturated/α-hetero) is 1. The van der Waals surface area contributed by atoms with Gasteiger partial charge in [0, 0.05) is 17.9 Å². The summed E-state index contributed by atoms with van der Waals surface area (Å²) in [7, 11) is 0. The zero-order valence-corrected chi connectivity index (χ0v) is 15.5. The second-order valence-corrected chi connectivity index (χ2v) is 7.29. The van der Waals surface area contributed by atoms with Crippen LogP contribution in [0.25, 0.3) is 0 Å².